The second kappa shape index (κ2) is 4.38. The summed E-state index contributed by atoms with van der Waals surface area (Å²) in [7, 11) is 0. The first-order valence-electron chi connectivity index (χ1n) is 5.50. The van der Waals surface area contributed by atoms with Gasteiger partial charge in [-0.1, -0.05) is 42.1 Å². The van der Waals surface area contributed by atoms with Crippen molar-refractivity contribution in [1.29, 1.82) is 0 Å². The van der Waals surface area contributed by atoms with E-state index in [1.165, 1.54) is 11.8 Å². The number of hydrogen-bond donors (Lipinski definition) is 1. The number of thioether (sulfide) groups is 1. The largest absolute Gasteiger partial charge is 0.478 e. The Morgan fingerprint density at radius 1 is 1.28 bits per heavy atom. The van der Waals surface area contributed by atoms with Crippen LogP contribution in [0, 0.1) is 0 Å². The molecule has 0 aliphatic carbocycles. The van der Waals surface area contributed by atoms with Gasteiger partial charge in [0.1, 0.15) is 5.76 Å². The Hall–Kier alpha value is -1.94. The number of aliphatic carboxylic acids is 1. The van der Waals surface area contributed by atoms with Gasteiger partial charge in [0.2, 0.25) is 0 Å². The third-order valence-electron chi connectivity index (χ3n) is 2.75. The molecule has 1 aromatic carbocycles. The van der Waals surface area contributed by atoms with Crippen molar-refractivity contribution in [3.05, 3.63) is 47.5 Å². The lowest BCUT2D eigenvalue weighted by Crippen LogP contribution is -2.05. The predicted octanol–water partition coefficient (Wildman–Crippen LogP) is 3.52. The van der Waals surface area contributed by atoms with Crippen LogP contribution < -0.4 is 0 Å². The molecule has 4 heteroatoms. The van der Waals surface area contributed by atoms with Crippen molar-refractivity contribution in [2.45, 2.75) is 5.09 Å². The summed E-state index contributed by atoms with van der Waals surface area (Å²) in [5.74, 6) is 0.357. The Kier molecular flexibility index (Phi) is 2.72. The lowest BCUT2D eigenvalue weighted by molar-refractivity contribution is -0.132. The van der Waals surface area contributed by atoms with Crippen LogP contribution in [0.2, 0.25) is 0 Å². The molecule has 2 heterocycles. The Morgan fingerprint density at radius 2 is 2.06 bits per heavy atom. The van der Waals surface area contributed by atoms with Gasteiger partial charge in [0.15, 0.2) is 5.09 Å². The van der Waals surface area contributed by atoms with Crippen molar-refractivity contribution in [1.82, 2.24) is 0 Å². The molecule has 2 aromatic rings. The number of fused-ring (bicyclic) bond motifs is 1. The van der Waals surface area contributed by atoms with Gasteiger partial charge in [-0.15, -0.1) is 0 Å². The van der Waals surface area contributed by atoms with Crippen molar-refractivity contribution in [2.75, 3.05) is 5.75 Å². The van der Waals surface area contributed by atoms with E-state index in [9.17, 15) is 4.79 Å². The number of furan rings is 1. The van der Waals surface area contributed by atoms with Crippen LogP contribution in [0.1, 0.15) is 5.56 Å². The summed E-state index contributed by atoms with van der Waals surface area (Å²) >= 11 is 1.42. The van der Waals surface area contributed by atoms with Crippen LogP contribution in [-0.2, 0) is 4.79 Å². The summed E-state index contributed by atoms with van der Waals surface area (Å²) in [4.78, 5) is 10.9. The van der Waals surface area contributed by atoms with E-state index in [-0.39, 0.29) is 0 Å². The van der Waals surface area contributed by atoms with Crippen molar-refractivity contribution < 1.29 is 14.3 Å². The highest BCUT2D eigenvalue weighted by Gasteiger charge is 2.20. The van der Waals surface area contributed by atoms with Gasteiger partial charge in [0, 0.05) is 22.5 Å². The molecular weight excluding hydrogens is 248 g/mol. The maximum atomic E-state index is 10.9. The zero-order valence-electron chi connectivity index (χ0n) is 9.42. The van der Waals surface area contributed by atoms with Crippen molar-refractivity contribution >= 4 is 23.8 Å². The van der Waals surface area contributed by atoms with E-state index in [0.29, 0.717) is 11.3 Å². The minimum atomic E-state index is -0.865. The van der Waals surface area contributed by atoms with Gasteiger partial charge >= 0.3 is 5.97 Å². The number of carbonyl (C=O) groups is 1. The van der Waals surface area contributed by atoms with E-state index in [1.54, 1.807) is 6.08 Å². The van der Waals surface area contributed by atoms with E-state index in [4.69, 9.17) is 9.52 Å². The van der Waals surface area contributed by atoms with Gasteiger partial charge < -0.3 is 9.52 Å². The van der Waals surface area contributed by atoms with Crippen LogP contribution in [0.25, 0.3) is 17.4 Å². The number of carboxylic acids is 1. The Labute approximate surface area is 108 Å². The topological polar surface area (TPSA) is 50.4 Å². The highest BCUT2D eigenvalue weighted by Crippen LogP contribution is 2.37. The Balaban J connectivity index is 2.02. The average molecular weight is 258 g/mol. The summed E-state index contributed by atoms with van der Waals surface area (Å²) in [6.07, 6.45) is 1.68. The molecule has 0 bridgehead atoms. The molecule has 0 fully saturated rings. The quantitative estimate of drug-likeness (QED) is 0.895. The molecule has 3 rings (SSSR count). The second-order valence-electron chi connectivity index (χ2n) is 3.98. The Morgan fingerprint density at radius 3 is 2.78 bits per heavy atom. The van der Waals surface area contributed by atoms with Crippen LogP contribution in [0.15, 0.2) is 51.5 Å². The third kappa shape index (κ3) is 1.95. The summed E-state index contributed by atoms with van der Waals surface area (Å²) in [6.45, 7) is 0. The highest BCUT2D eigenvalue weighted by atomic mass is 32.2. The maximum absolute atomic E-state index is 10.9. The van der Waals surface area contributed by atoms with E-state index in [0.717, 1.165) is 22.0 Å². The van der Waals surface area contributed by atoms with Crippen LogP contribution in [0.4, 0.5) is 0 Å². The molecule has 0 atom stereocenters. The monoisotopic (exact) mass is 258 g/mol. The van der Waals surface area contributed by atoms with Crippen LogP contribution in [0.5, 0.6) is 0 Å². The lowest BCUT2D eigenvalue weighted by Gasteiger charge is -2.06. The minimum Gasteiger partial charge on any atom is -0.478 e. The molecule has 1 aromatic heterocycles. The SMILES string of the molecule is O=C(O)C1=Cc2cc(-c3ccccc3)oc2SC1. The van der Waals surface area contributed by atoms with Gasteiger partial charge in [-0.25, -0.2) is 4.79 Å². The number of benzene rings is 1. The van der Waals surface area contributed by atoms with Crippen LogP contribution >= 0.6 is 11.8 Å². The molecule has 90 valence electrons. The van der Waals surface area contributed by atoms with Gasteiger partial charge in [0.05, 0.1) is 0 Å². The molecule has 18 heavy (non-hydrogen) atoms. The first kappa shape index (κ1) is 11.2. The van der Waals surface area contributed by atoms with E-state index >= 15 is 0 Å². The molecule has 0 spiro atoms. The number of rotatable bonds is 2. The fourth-order valence-corrected chi connectivity index (χ4v) is 2.77. The third-order valence-corrected chi connectivity index (χ3v) is 3.78. The van der Waals surface area contributed by atoms with Crippen molar-refractivity contribution in [3.8, 4) is 11.3 Å². The first-order chi connectivity index (χ1) is 8.74. The maximum Gasteiger partial charge on any atom is 0.332 e. The van der Waals surface area contributed by atoms with Gasteiger partial charge in [0.25, 0.3) is 0 Å². The van der Waals surface area contributed by atoms with Crippen molar-refractivity contribution in [3.63, 3.8) is 0 Å². The van der Waals surface area contributed by atoms with Crippen LogP contribution in [-0.4, -0.2) is 16.8 Å². The molecular formula is C14H10O3S. The Bertz CT molecular complexity index is 626. The number of hydrogen-bond acceptors (Lipinski definition) is 3. The lowest BCUT2D eigenvalue weighted by atomic mass is 10.1. The van der Waals surface area contributed by atoms with Crippen molar-refractivity contribution in [2.24, 2.45) is 0 Å². The number of carboxylic acid groups (broad SMARTS) is 1. The second-order valence-corrected chi connectivity index (χ2v) is 4.93. The minimum absolute atomic E-state index is 0.410. The molecule has 0 radical (unpaired) electrons. The summed E-state index contributed by atoms with van der Waals surface area (Å²) in [6, 6.07) is 11.7. The zero-order valence-corrected chi connectivity index (χ0v) is 10.2. The summed E-state index contributed by atoms with van der Waals surface area (Å²) in [5, 5.41) is 9.77. The molecule has 3 nitrogen and oxygen atoms in total. The molecule has 0 amide bonds. The molecule has 0 saturated carbocycles. The van der Waals surface area contributed by atoms with E-state index < -0.39 is 5.97 Å². The molecule has 1 aliphatic rings. The standard InChI is InChI=1S/C14H10O3S/c15-13(16)11-6-10-7-12(17-14(10)18-8-11)9-4-2-1-3-5-9/h1-7H,8H2,(H,15,16). The van der Waals surface area contributed by atoms with Gasteiger partial charge in [-0.3, -0.25) is 0 Å². The first-order valence-corrected chi connectivity index (χ1v) is 6.48. The molecule has 1 N–H and O–H groups in total. The van der Waals surface area contributed by atoms with Gasteiger partial charge in [-0.2, -0.15) is 0 Å². The normalized spacial score (nSPS) is 13.9. The van der Waals surface area contributed by atoms with E-state index in [1.807, 2.05) is 36.4 Å². The average Bonchev–Trinajstić information content (AvgIpc) is 2.82. The molecule has 0 saturated heterocycles. The smallest absolute Gasteiger partial charge is 0.332 e. The highest BCUT2D eigenvalue weighted by molar-refractivity contribution is 7.99. The predicted molar refractivity (Wildman–Crippen MR) is 70.5 cm³/mol. The summed E-state index contributed by atoms with van der Waals surface area (Å²) in [5.41, 5.74) is 2.26. The summed E-state index contributed by atoms with van der Waals surface area (Å²) < 4.78 is 5.75. The zero-order chi connectivity index (χ0) is 12.5. The van der Waals surface area contributed by atoms with E-state index in [2.05, 4.69) is 0 Å². The molecule has 1 aliphatic heterocycles. The van der Waals surface area contributed by atoms with Crippen LogP contribution in [0.3, 0.4) is 0 Å². The van der Waals surface area contributed by atoms with Gasteiger partial charge in [-0.05, 0) is 12.1 Å². The fourth-order valence-electron chi connectivity index (χ4n) is 1.84. The fraction of sp³-hybridized carbons (Fsp3) is 0.0714. The molecule has 0 unspecified atom stereocenters.